The summed E-state index contributed by atoms with van der Waals surface area (Å²) in [6.45, 7) is 0.301. The number of carbonyl (C=O) groups excluding carboxylic acids is 1. The first-order chi connectivity index (χ1) is 20.1. The van der Waals surface area contributed by atoms with Crippen molar-refractivity contribution in [3.63, 3.8) is 0 Å². The fraction of sp³-hybridized carbons (Fsp3) is 0.281. The Hall–Kier alpha value is -3.95. The van der Waals surface area contributed by atoms with E-state index in [4.69, 9.17) is 16.6 Å². The number of rotatable bonds is 5. The van der Waals surface area contributed by atoms with Crippen LogP contribution in [0, 0.1) is 0 Å². The highest BCUT2D eigenvalue weighted by atomic mass is 35.5. The Kier molecular flexibility index (Phi) is 7.19. The number of amides is 1. The van der Waals surface area contributed by atoms with Gasteiger partial charge in [-0.25, -0.2) is 4.98 Å². The molecule has 2 aliphatic rings. The zero-order chi connectivity index (χ0) is 29.6. The van der Waals surface area contributed by atoms with Crippen molar-refractivity contribution in [1.82, 2.24) is 14.9 Å². The Morgan fingerprint density at radius 3 is 2.52 bits per heavy atom. The molecule has 42 heavy (non-hydrogen) atoms. The van der Waals surface area contributed by atoms with E-state index in [1.165, 1.54) is 23.1 Å². The lowest BCUT2D eigenvalue weighted by Gasteiger charge is -2.24. The molecule has 0 saturated heterocycles. The molecule has 2 N–H and O–H groups in total. The van der Waals surface area contributed by atoms with E-state index >= 15 is 0 Å². The van der Waals surface area contributed by atoms with Crippen LogP contribution in [0.15, 0.2) is 77.6 Å². The van der Waals surface area contributed by atoms with Crippen molar-refractivity contribution >= 4 is 17.5 Å². The lowest BCUT2D eigenvalue weighted by molar-refractivity contribution is -0.141. The predicted molar refractivity (Wildman–Crippen MR) is 152 cm³/mol. The minimum Gasteiger partial charge on any atom is -0.378 e. The highest BCUT2D eigenvalue weighted by Gasteiger charge is 2.48. The molecule has 4 aromatic rings. The van der Waals surface area contributed by atoms with E-state index < -0.39 is 23.8 Å². The maximum absolute atomic E-state index is 13.5. The lowest BCUT2D eigenvalue weighted by atomic mass is 9.94. The number of aliphatic hydroxyl groups is 1. The second kappa shape index (κ2) is 10.7. The number of aromatic nitrogens is 2. The molecule has 216 valence electrons. The van der Waals surface area contributed by atoms with Crippen LogP contribution in [0.3, 0.4) is 0 Å². The smallest absolute Gasteiger partial charge is 0.378 e. The van der Waals surface area contributed by atoms with Gasteiger partial charge in [-0.2, -0.15) is 13.2 Å². The van der Waals surface area contributed by atoms with Gasteiger partial charge in [-0.15, -0.1) is 0 Å². The Morgan fingerprint density at radius 1 is 1.05 bits per heavy atom. The Labute approximate surface area is 244 Å². The van der Waals surface area contributed by atoms with Crippen LogP contribution in [0.2, 0.25) is 5.02 Å². The van der Waals surface area contributed by atoms with Crippen molar-refractivity contribution in [3.05, 3.63) is 122 Å². The summed E-state index contributed by atoms with van der Waals surface area (Å²) in [4.78, 5) is 36.0. The van der Waals surface area contributed by atoms with Gasteiger partial charge in [0, 0.05) is 17.1 Å². The van der Waals surface area contributed by atoms with Gasteiger partial charge in [-0.1, -0.05) is 60.1 Å². The number of hydrogen-bond acceptors (Lipinski definition) is 4. The molecule has 1 fully saturated rings. The quantitative estimate of drug-likeness (QED) is 0.289. The van der Waals surface area contributed by atoms with Crippen molar-refractivity contribution in [2.24, 2.45) is 0 Å². The van der Waals surface area contributed by atoms with E-state index in [1.54, 1.807) is 12.1 Å². The molecule has 1 saturated carbocycles. The SMILES string of the molecule is O=C([C@H](O)c1cccc(-c2cc(C(F)(F)F)ccc2Cl)c1)N1CCCc2nc(C3(c4ccccc4)CC3)[nH]c(=O)c2C1. The fourth-order valence-corrected chi connectivity index (χ4v) is 5.92. The summed E-state index contributed by atoms with van der Waals surface area (Å²) >= 11 is 6.21. The first-order valence-corrected chi connectivity index (χ1v) is 14.1. The van der Waals surface area contributed by atoms with Gasteiger partial charge in [0.1, 0.15) is 5.82 Å². The highest BCUT2D eigenvalue weighted by Crippen LogP contribution is 2.52. The molecule has 2 heterocycles. The van der Waals surface area contributed by atoms with Gasteiger partial charge in [0.05, 0.1) is 28.8 Å². The molecular formula is C32H27ClF3N3O3. The normalized spacial score (nSPS) is 16.8. The molecule has 1 atom stereocenters. The third-order valence-electron chi connectivity index (χ3n) is 8.17. The molecule has 0 spiro atoms. The molecule has 10 heteroatoms. The number of aryl methyl sites for hydroxylation is 1. The number of hydrogen-bond donors (Lipinski definition) is 2. The van der Waals surface area contributed by atoms with Crippen LogP contribution in [-0.2, 0) is 29.4 Å². The van der Waals surface area contributed by atoms with E-state index in [9.17, 15) is 27.9 Å². The van der Waals surface area contributed by atoms with Gasteiger partial charge in [0.15, 0.2) is 6.10 Å². The monoisotopic (exact) mass is 593 g/mol. The predicted octanol–water partition coefficient (Wildman–Crippen LogP) is 6.20. The number of aliphatic hydroxyl groups excluding tert-OH is 1. The largest absolute Gasteiger partial charge is 0.416 e. The lowest BCUT2D eigenvalue weighted by Crippen LogP contribution is -2.36. The van der Waals surface area contributed by atoms with E-state index in [1.807, 2.05) is 30.3 Å². The summed E-state index contributed by atoms with van der Waals surface area (Å²) in [5.41, 5.74) is 1.37. The first-order valence-electron chi connectivity index (χ1n) is 13.7. The Morgan fingerprint density at radius 2 is 1.81 bits per heavy atom. The van der Waals surface area contributed by atoms with E-state index in [0.29, 0.717) is 42.0 Å². The number of carbonyl (C=O) groups is 1. The topological polar surface area (TPSA) is 86.3 Å². The molecule has 0 radical (unpaired) electrons. The van der Waals surface area contributed by atoms with Gasteiger partial charge in [0.25, 0.3) is 11.5 Å². The van der Waals surface area contributed by atoms with Gasteiger partial charge < -0.3 is 15.0 Å². The number of halogens is 4. The Bertz CT molecular complexity index is 1720. The maximum atomic E-state index is 13.5. The van der Waals surface area contributed by atoms with Crippen molar-refractivity contribution < 1.29 is 23.1 Å². The van der Waals surface area contributed by atoms with Gasteiger partial charge in [-0.3, -0.25) is 9.59 Å². The second-order valence-electron chi connectivity index (χ2n) is 10.9. The molecule has 6 rings (SSSR count). The van der Waals surface area contributed by atoms with Crippen LogP contribution >= 0.6 is 11.6 Å². The van der Waals surface area contributed by atoms with Crippen LogP contribution in [0.25, 0.3) is 11.1 Å². The number of nitrogens with one attached hydrogen (secondary N) is 1. The van der Waals surface area contributed by atoms with Gasteiger partial charge in [0.2, 0.25) is 0 Å². The average Bonchev–Trinajstić information content (AvgIpc) is 3.81. The molecule has 0 unspecified atom stereocenters. The third kappa shape index (κ3) is 5.23. The number of aromatic amines is 1. The van der Waals surface area contributed by atoms with Crippen LogP contribution in [0.5, 0.6) is 0 Å². The van der Waals surface area contributed by atoms with E-state index in [2.05, 4.69) is 4.98 Å². The number of benzene rings is 3. The molecule has 1 aliphatic heterocycles. The minimum absolute atomic E-state index is 0.00861. The Balaban J connectivity index is 1.25. The third-order valence-corrected chi connectivity index (χ3v) is 8.50. The second-order valence-corrected chi connectivity index (χ2v) is 11.3. The minimum atomic E-state index is -4.55. The summed E-state index contributed by atoms with van der Waals surface area (Å²) in [6, 6.07) is 19.1. The van der Waals surface area contributed by atoms with Gasteiger partial charge in [-0.05, 0) is 66.6 Å². The van der Waals surface area contributed by atoms with Crippen LogP contribution < -0.4 is 5.56 Å². The molecule has 0 bridgehead atoms. The summed E-state index contributed by atoms with van der Waals surface area (Å²) < 4.78 is 39.9. The van der Waals surface area contributed by atoms with Crippen molar-refractivity contribution in [2.75, 3.05) is 6.54 Å². The molecule has 1 aliphatic carbocycles. The zero-order valence-corrected chi connectivity index (χ0v) is 23.2. The molecule has 1 aromatic heterocycles. The summed E-state index contributed by atoms with van der Waals surface area (Å²) in [7, 11) is 0. The molecule has 6 nitrogen and oxygen atoms in total. The van der Waals surface area contributed by atoms with Crippen molar-refractivity contribution in [2.45, 2.75) is 49.9 Å². The maximum Gasteiger partial charge on any atom is 0.416 e. The van der Waals surface area contributed by atoms with Crippen LogP contribution in [0.1, 0.15) is 59.1 Å². The number of H-pyrrole nitrogens is 1. The van der Waals surface area contributed by atoms with Crippen molar-refractivity contribution in [3.8, 4) is 11.1 Å². The summed E-state index contributed by atoms with van der Waals surface area (Å²) in [5.74, 6) is 0.0314. The summed E-state index contributed by atoms with van der Waals surface area (Å²) in [6.07, 6.45) is -3.29. The van der Waals surface area contributed by atoms with E-state index in [0.717, 1.165) is 30.5 Å². The number of fused-ring (bicyclic) bond motifs is 1. The van der Waals surface area contributed by atoms with Gasteiger partial charge >= 0.3 is 6.18 Å². The fourth-order valence-electron chi connectivity index (χ4n) is 5.70. The molecule has 3 aromatic carbocycles. The highest BCUT2D eigenvalue weighted by molar-refractivity contribution is 6.33. The molecule has 1 amide bonds. The summed E-state index contributed by atoms with van der Waals surface area (Å²) in [5, 5.41) is 11.2. The van der Waals surface area contributed by atoms with Crippen LogP contribution in [-0.4, -0.2) is 32.4 Å². The number of alkyl halides is 3. The van der Waals surface area contributed by atoms with Crippen LogP contribution in [0.4, 0.5) is 13.2 Å². The standard InChI is InChI=1S/C32H27ClF3N3O3/c33-25-12-11-22(32(34,35)36)17-23(25)19-6-4-7-20(16-19)27(40)29(42)39-15-5-10-26-24(18-39)28(41)38-30(37-26)31(13-14-31)21-8-2-1-3-9-21/h1-4,6-9,11-12,16-17,27,40H,5,10,13-15,18H2,(H,37,38,41)/t27-/m1/s1. The average molecular weight is 594 g/mol. The number of nitrogens with zero attached hydrogens (tertiary/aromatic N) is 2. The van der Waals surface area contributed by atoms with E-state index in [-0.39, 0.29) is 33.7 Å². The molecular weight excluding hydrogens is 567 g/mol. The first kappa shape index (κ1) is 28.2. The zero-order valence-electron chi connectivity index (χ0n) is 22.4. The van der Waals surface area contributed by atoms with Crippen molar-refractivity contribution in [1.29, 1.82) is 0 Å².